The molecular formula is C17H17N5O3. The van der Waals surface area contributed by atoms with Gasteiger partial charge in [0, 0.05) is 24.1 Å². The molecule has 0 fully saturated rings. The number of hydrogen-bond donors (Lipinski definition) is 1. The maximum atomic E-state index is 12.4. The summed E-state index contributed by atoms with van der Waals surface area (Å²) in [6.45, 7) is 3.89. The van der Waals surface area contributed by atoms with Crippen LogP contribution in [0, 0.1) is 13.8 Å². The lowest BCUT2D eigenvalue weighted by Crippen LogP contribution is -2.28. The number of aromatic amines is 1. The molecule has 0 radical (unpaired) electrons. The number of rotatable bonds is 2. The van der Waals surface area contributed by atoms with Gasteiger partial charge in [0.15, 0.2) is 11.2 Å². The van der Waals surface area contributed by atoms with Gasteiger partial charge < -0.3 is 4.74 Å². The number of methoxy groups -OCH3 is 1. The number of nitrogens with zero attached hydrogens (tertiary/aromatic N) is 4. The predicted molar refractivity (Wildman–Crippen MR) is 93.9 cm³/mol. The Morgan fingerprint density at radius 1 is 1.08 bits per heavy atom. The van der Waals surface area contributed by atoms with E-state index in [2.05, 4.69) is 9.97 Å². The van der Waals surface area contributed by atoms with Crippen LogP contribution in [0.5, 0.6) is 5.75 Å². The topological polar surface area (TPSA) is 86.3 Å². The third-order valence-corrected chi connectivity index (χ3v) is 4.62. The maximum Gasteiger partial charge on any atom is 0.329 e. The number of hydrogen-bond acceptors (Lipinski definition) is 4. The fraction of sp³-hybridized carbons (Fsp3) is 0.235. The zero-order valence-electron chi connectivity index (χ0n) is 14.3. The van der Waals surface area contributed by atoms with E-state index in [0.717, 1.165) is 22.8 Å². The SMILES string of the molecule is COc1ccc(-n2c(C)c(C)n3c4c(=O)[nH]c(=O)n(C)c4nc23)cc1. The smallest absolute Gasteiger partial charge is 0.329 e. The summed E-state index contributed by atoms with van der Waals surface area (Å²) in [5.41, 5.74) is 2.54. The van der Waals surface area contributed by atoms with E-state index in [1.165, 1.54) is 4.57 Å². The molecule has 1 N–H and O–H groups in total. The lowest BCUT2D eigenvalue weighted by atomic mass is 10.3. The van der Waals surface area contributed by atoms with Crippen molar-refractivity contribution in [1.29, 1.82) is 0 Å². The van der Waals surface area contributed by atoms with E-state index < -0.39 is 11.2 Å². The molecule has 3 aromatic heterocycles. The van der Waals surface area contributed by atoms with E-state index in [4.69, 9.17) is 4.74 Å². The van der Waals surface area contributed by atoms with Crippen molar-refractivity contribution in [2.45, 2.75) is 13.8 Å². The Morgan fingerprint density at radius 2 is 1.76 bits per heavy atom. The van der Waals surface area contributed by atoms with E-state index in [0.29, 0.717) is 16.9 Å². The zero-order chi connectivity index (χ0) is 17.9. The average molecular weight is 339 g/mol. The third-order valence-electron chi connectivity index (χ3n) is 4.62. The minimum Gasteiger partial charge on any atom is -0.497 e. The molecule has 0 aliphatic carbocycles. The minimum absolute atomic E-state index is 0.356. The standard InChI is InChI=1S/C17H17N5O3/c1-9-10(2)22-13-14(20(3)17(24)19-15(13)23)18-16(22)21(9)11-5-7-12(25-4)8-6-11/h5-8H,1-4H3,(H,19,23,24). The van der Waals surface area contributed by atoms with Gasteiger partial charge in [0.2, 0.25) is 5.78 Å². The van der Waals surface area contributed by atoms with Crippen LogP contribution in [-0.4, -0.2) is 30.6 Å². The first-order chi connectivity index (χ1) is 11.9. The Labute approximate surface area is 141 Å². The van der Waals surface area contributed by atoms with Gasteiger partial charge in [-0.25, -0.2) is 4.79 Å². The molecule has 0 atom stereocenters. The van der Waals surface area contributed by atoms with Crippen molar-refractivity contribution >= 4 is 16.9 Å². The number of aryl methyl sites for hydroxylation is 2. The lowest BCUT2D eigenvalue weighted by Gasteiger charge is -2.07. The van der Waals surface area contributed by atoms with Crippen molar-refractivity contribution in [2.24, 2.45) is 7.05 Å². The highest BCUT2D eigenvalue weighted by Crippen LogP contribution is 2.25. The number of ether oxygens (including phenoxy) is 1. The molecule has 8 nitrogen and oxygen atoms in total. The summed E-state index contributed by atoms with van der Waals surface area (Å²) in [6.07, 6.45) is 0. The number of fused-ring (bicyclic) bond motifs is 3. The molecule has 0 amide bonds. The summed E-state index contributed by atoms with van der Waals surface area (Å²) in [5.74, 6) is 1.34. The van der Waals surface area contributed by atoms with Crippen molar-refractivity contribution in [2.75, 3.05) is 7.11 Å². The van der Waals surface area contributed by atoms with Gasteiger partial charge in [-0.05, 0) is 38.1 Å². The largest absolute Gasteiger partial charge is 0.497 e. The van der Waals surface area contributed by atoms with Crippen molar-refractivity contribution < 1.29 is 4.74 Å². The van der Waals surface area contributed by atoms with Crippen LogP contribution in [0.1, 0.15) is 11.4 Å². The molecular weight excluding hydrogens is 322 g/mol. The van der Waals surface area contributed by atoms with E-state index >= 15 is 0 Å². The molecule has 0 saturated heterocycles. The first-order valence-corrected chi connectivity index (χ1v) is 7.78. The van der Waals surface area contributed by atoms with Crippen LogP contribution in [0.4, 0.5) is 0 Å². The summed E-state index contributed by atoms with van der Waals surface area (Å²) in [7, 11) is 3.21. The molecule has 0 aliphatic heterocycles. The summed E-state index contributed by atoms with van der Waals surface area (Å²) in [4.78, 5) is 31.1. The summed E-state index contributed by atoms with van der Waals surface area (Å²) in [6, 6.07) is 7.58. The van der Waals surface area contributed by atoms with Gasteiger partial charge in [0.05, 0.1) is 7.11 Å². The molecule has 0 spiro atoms. The van der Waals surface area contributed by atoms with Gasteiger partial charge in [-0.15, -0.1) is 0 Å². The normalized spacial score (nSPS) is 11.5. The fourth-order valence-corrected chi connectivity index (χ4v) is 3.15. The second-order valence-corrected chi connectivity index (χ2v) is 5.94. The van der Waals surface area contributed by atoms with Crippen LogP contribution >= 0.6 is 0 Å². The minimum atomic E-state index is -0.483. The number of H-pyrrole nitrogens is 1. The first-order valence-electron chi connectivity index (χ1n) is 7.78. The quantitative estimate of drug-likeness (QED) is 0.596. The van der Waals surface area contributed by atoms with Gasteiger partial charge >= 0.3 is 5.69 Å². The molecule has 25 heavy (non-hydrogen) atoms. The number of nitrogens with one attached hydrogen (secondary N) is 1. The van der Waals surface area contributed by atoms with E-state index in [1.807, 2.05) is 42.7 Å². The van der Waals surface area contributed by atoms with E-state index in [9.17, 15) is 9.59 Å². The van der Waals surface area contributed by atoms with Crippen molar-refractivity contribution in [3.8, 4) is 11.4 Å². The molecule has 4 aromatic rings. The van der Waals surface area contributed by atoms with Gasteiger partial charge in [-0.2, -0.15) is 4.98 Å². The second kappa shape index (κ2) is 5.10. The molecule has 0 saturated carbocycles. The summed E-state index contributed by atoms with van der Waals surface area (Å²) >= 11 is 0. The van der Waals surface area contributed by atoms with Crippen LogP contribution in [-0.2, 0) is 7.05 Å². The van der Waals surface area contributed by atoms with E-state index in [1.54, 1.807) is 18.6 Å². The Kier molecular flexibility index (Phi) is 3.11. The number of aromatic nitrogens is 5. The molecule has 0 aliphatic rings. The van der Waals surface area contributed by atoms with Crippen LogP contribution < -0.4 is 16.0 Å². The third kappa shape index (κ3) is 1.97. The Bertz CT molecular complexity index is 1240. The van der Waals surface area contributed by atoms with Gasteiger partial charge in [-0.1, -0.05) is 0 Å². The molecule has 3 heterocycles. The molecule has 1 aromatic carbocycles. The Balaban J connectivity index is 2.15. The monoisotopic (exact) mass is 339 g/mol. The highest BCUT2D eigenvalue weighted by molar-refractivity contribution is 5.77. The average Bonchev–Trinajstić information content (AvgIpc) is 3.10. The van der Waals surface area contributed by atoms with Crippen molar-refractivity contribution in [3.63, 3.8) is 0 Å². The molecule has 0 unspecified atom stereocenters. The van der Waals surface area contributed by atoms with Gasteiger partial charge in [0.25, 0.3) is 5.56 Å². The predicted octanol–water partition coefficient (Wildman–Crippen LogP) is 1.29. The summed E-state index contributed by atoms with van der Waals surface area (Å²) < 4.78 is 10.3. The van der Waals surface area contributed by atoms with Crippen LogP contribution in [0.3, 0.4) is 0 Å². The van der Waals surface area contributed by atoms with Crippen molar-refractivity contribution in [1.82, 2.24) is 23.5 Å². The van der Waals surface area contributed by atoms with Crippen molar-refractivity contribution in [3.05, 3.63) is 56.5 Å². The lowest BCUT2D eigenvalue weighted by molar-refractivity contribution is 0.415. The fourth-order valence-electron chi connectivity index (χ4n) is 3.15. The van der Waals surface area contributed by atoms with Crippen LogP contribution in [0.2, 0.25) is 0 Å². The highest BCUT2D eigenvalue weighted by Gasteiger charge is 2.21. The Hall–Kier alpha value is -3.29. The highest BCUT2D eigenvalue weighted by atomic mass is 16.5. The summed E-state index contributed by atoms with van der Waals surface area (Å²) in [5, 5.41) is 0. The van der Waals surface area contributed by atoms with Crippen LogP contribution in [0.15, 0.2) is 33.9 Å². The number of imidazole rings is 2. The molecule has 8 heteroatoms. The molecule has 0 bridgehead atoms. The number of benzene rings is 1. The molecule has 128 valence electrons. The zero-order valence-corrected chi connectivity index (χ0v) is 14.3. The molecule has 4 rings (SSSR count). The van der Waals surface area contributed by atoms with Gasteiger partial charge in [-0.3, -0.25) is 23.3 Å². The first kappa shape index (κ1) is 15.3. The second-order valence-electron chi connectivity index (χ2n) is 5.94. The van der Waals surface area contributed by atoms with E-state index in [-0.39, 0.29) is 0 Å². The maximum absolute atomic E-state index is 12.4. The van der Waals surface area contributed by atoms with Gasteiger partial charge in [0.1, 0.15) is 5.75 Å². The Morgan fingerprint density at radius 3 is 2.40 bits per heavy atom. The van der Waals surface area contributed by atoms with Crippen LogP contribution in [0.25, 0.3) is 22.6 Å².